The number of carbonyl (C=O) groups is 2. The molecule has 0 saturated carbocycles. The van der Waals surface area contributed by atoms with Crippen LogP contribution in [0.3, 0.4) is 0 Å². The smallest absolute Gasteiger partial charge is 0.264 e. The largest absolute Gasteiger partial charge is 0.349 e. The zero-order valence-electron chi connectivity index (χ0n) is 17.4. The summed E-state index contributed by atoms with van der Waals surface area (Å²) in [5.74, 6) is -0.356. The van der Waals surface area contributed by atoms with Gasteiger partial charge < -0.3 is 10.2 Å². The summed E-state index contributed by atoms with van der Waals surface area (Å²) in [5.41, 5.74) is 2.27. The average Bonchev–Trinajstić information content (AvgIpc) is 3.53. The van der Waals surface area contributed by atoms with Crippen LogP contribution in [0.4, 0.5) is 4.39 Å². The molecule has 1 saturated heterocycles. The van der Waals surface area contributed by atoms with Crippen LogP contribution < -0.4 is 5.32 Å². The van der Waals surface area contributed by atoms with Crippen LogP contribution in [0.25, 0.3) is 15.9 Å². The molecule has 4 aromatic rings. The molecule has 1 aliphatic heterocycles. The fourth-order valence-corrected chi connectivity index (χ4v) is 5.74. The minimum Gasteiger partial charge on any atom is -0.349 e. The lowest BCUT2D eigenvalue weighted by atomic mass is 10.0. The number of hydrogen-bond acceptors (Lipinski definition) is 5. The molecule has 9 heteroatoms. The van der Waals surface area contributed by atoms with Crippen molar-refractivity contribution in [2.45, 2.75) is 25.8 Å². The third-order valence-electron chi connectivity index (χ3n) is 5.73. The Morgan fingerprint density at radius 2 is 1.91 bits per heavy atom. The number of nitrogens with zero attached hydrogens (tertiary/aromatic N) is 3. The Morgan fingerprint density at radius 1 is 1.16 bits per heavy atom. The molecule has 6 nitrogen and oxygen atoms in total. The van der Waals surface area contributed by atoms with E-state index in [9.17, 15) is 14.0 Å². The van der Waals surface area contributed by atoms with Gasteiger partial charge in [0.1, 0.15) is 10.6 Å². The molecule has 32 heavy (non-hydrogen) atoms. The van der Waals surface area contributed by atoms with Gasteiger partial charge >= 0.3 is 0 Å². The first-order chi connectivity index (χ1) is 15.5. The molecule has 1 aliphatic rings. The molecule has 0 radical (unpaired) electrons. The second kappa shape index (κ2) is 8.48. The summed E-state index contributed by atoms with van der Waals surface area (Å²) in [7, 11) is 0. The van der Waals surface area contributed by atoms with Crippen LogP contribution in [0.1, 0.15) is 38.6 Å². The number of benzene rings is 1. The fourth-order valence-electron chi connectivity index (χ4n) is 3.96. The number of nitrogens with one attached hydrogen (secondary N) is 1. The minimum atomic E-state index is -0.300. The molecule has 1 aromatic carbocycles. The van der Waals surface area contributed by atoms with Gasteiger partial charge in [0.25, 0.3) is 11.8 Å². The Balaban J connectivity index is 1.29. The number of fused-ring (bicyclic) bond motifs is 1. The van der Waals surface area contributed by atoms with Crippen LogP contribution in [0.5, 0.6) is 0 Å². The van der Waals surface area contributed by atoms with E-state index < -0.39 is 0 Å². The Hall–Kier alpha value is -3.04. The maximum atomic E-state index is 13.3. The topological polar surface area (TPSA) is 67.2 Å². The van der Waals surface area contributed by atoms with Gasteiger partial charge in [-0.15, -0.1) is 11.3 Å². The van der Waals surface area contributed by atoms with E-state index in [1.807, 2.05) is 34.7 Å². The number of hydrogen-bond donors (Lipinski definition) is 1. The first kappa shape index (κ1) is 20.8. The van der Waals surface area contributed by atoms with E-state index in [0.29, 0.717) is 23.5 Å². The van der Waals surface area contributed by atoms with E-state index in [4.69, 9.17) is 0 Å². The predicted molar refractivity (Wildman–Crippen MR) is 124 cm³/mol. The number of piperidine rings is 1. The molecule has 164 valence electrons. The Bertz CT molecular complexity index is 1270. The molecule has 3 aromatic heterocycles. The highest BCUT2D eigenvalue weighted by molar-refractivity contribution is 7.20. The summed E-state index contributed by atoms with van der Waals surface area (Å²) < 4.78 is 15.1. The molecule has 1 N–H and O–H groups in total. The van der Waals surface area contributed by atoms with E-state index in [1.165, 1.54) is 34.8 Å². The summed E-state index contributed by atoms with van der Waals surface area (Å²) in [6, 6.07) is 9.95. The third kappa shape index (κ3) is 3.93. The van der Waals surface area contributed by atoms with Gasteiger partial charge in [0.2, 0.25) is 0 Å². The number of rotatable bonds is 4. The van der Waals surface area contributed by atoms with Gasteiger partial charge in [0.05, 0.1) is 16.3 Å². The standard InChI is InChI=1S/C23H21FN4O2S2/c1-14-19-12-20(32-23(19)28(26-14)18-4-2-16(24)3-5-18)22(30)27-9-6-17(7-10-27)25-21(29)15-8-11-31-13-15/h2-5,8,11-13,17H,6-7,9-10H2,1H3,(H,25,29). The maximum Gasteiger partial charge on any atom is 0.264 e. The maximum absolute atomic E-state index is 13.3. The third-order valence-corrected chi connectivity index (χ3v) is 7.51. The lowest BCUT2D eigenvalue weighted by molar-refractivity contribution is 0.0703. The SMILES string of the molecule is Cc1nn(-c2ccc(F)cc2)c2sc(C(=O)N3CCC(NC(=O)c4ccsc4)CC3)cc12. The Morgan fingerprint density at radius 3 is 2.59 bits per heavy atom. The van der Waals surface area contributed by atoms with Crippen LogP contribution in [0.2, 0.25) is 0 Å². The summed E-state index contributed by atoms with van der Waals surface area (Å²) in [5, 5.41) is 12.3. The minimum absolute atomic E-state index is 0.00105. The molecule has 0 aliphatic carbocycles. The molecule has 4 heterocycles. The Kier molecular flexibility index (Phi) is 5.52. The van der Waals surface area contributed by atoms with Gasteiger partial charge in [0, 0.05) is 35.5 Å². The van der Waals surface area contributed by atoms with E-state index in [2.05, 4.69) is 10.4 Å². The van der Waals surface area contributed by atoms with Crippen molar-refractivity contribution in [2.75, 3.05) is 13.1 Å². The zero-order chi connectivity index (χ0) is 22.2. The van der Waals surface area contributed by atoms with Crippen LogP contribution in [0, 0.1) is 12.7 Å². The highest BCUT2D eigenvalue weighted by atomic mass is 32.1. The number of amides is 2. The molecule has 0 unspecified atom stereocenters. The van der Waals surface area contributed by atoms with Gasteiger partial charge in [0.15, 0.2) is 0 Å². The zero-order valence-corrected chi connectivity index (χ0v) is 19.0. The van der Waals surface area contributed by atoms with Gasteiger partial charge in [-0.3, -0.25) is 9.59 Å². The molecule has 2 amide bonds. The Labute approximate surface area is 192 Å². The highest BCUT2D eigenvalue weighted by Gasteiger charge is 2.27. The number of aryl methyl sites for hydroxylation is 1. The predicted octanol–water partition coefficient (Wildman–Crippen LogP) is 4.63. The van der Waals surface area contributed by atoms with Crippen molar-refractivity contribution in [3.05, 3.63) is 69.1 Å². The van der Waals surface area contributed by atoms with Crippen molar-refractivity contribution in [1.82, 2.24) is 20.0 Å². The van der Waals surface area contributed by atoms with Crippen LogP contribution in [0.15, 0.2) is 47.2 Å². The lowest BCUT2D eigenvalue weighted by Gasteiger charge is -2.32. The normalized spacial score (nSPS) is 14.8. The molecular formula is C23H21FN4O2S2. The second-order valence-corrected chi connectivity index (χ2v) is 9.67. The fraction of sp³-hybridized carbons (Fsp3) is 0.261. The number of aromatic nitrogens is 2. The number of halogens is 1. The van der Waals surface area contributed by atoms with Crippen LogP contribution in [-0.4, -0.2) is 45.6 Å². The van der Waals surface area contributed by atoms with E-state index >= 15 is 0 Å². The molecule has 0 bridgehead atoms. The second-order valence-electron chi connectivity index (χ2n) is 7.86. The highest BCUT2D eigenvalue weighted by Crippen LogP contribution is 2.31. The number of likely N-dealkylation sites (tertiary alicyclic amines) is 1. The van der Waals surface area contributed by atoms with E-state index in [1.54, 1.807) is 16.8 Å². The summed E-state index contributed by atoms with van der Waals surface area (Å²) in [6.07, 6.45) is 1.46. The van der Waals surface area contributed by atoms with E-state index in [-0.39, 0.29) is 23.7 Å². The van der Waals surface area contributed by atoms with Crippen molar-refractivity contribution < 1.29 is 14.0 Å². The molecule has 5 rings (SSSR count). The monoisotopic (exact) mass is 468 g/mol. The number of carbonyl (C=O) groups excluding carboxylic acids is 2. The molecule has 1 fully saturated rings. The van der Waals surface area contributed by atoms with E-state index in [0.717, 1.165) is 34.4 Å². The quantitative estimate of drug-likeness (QED) is 0.475. The van der Waals surface area contributed by atoms with Crippen molar-refractivity contribution >= 4 is 44.7 Å². The van der Waals surface area contributed by atoms with Gasteiger partial charge in [-0.2, -0.15) is 16.4 Å². The van der Waals surface area contributed by atoms with Crippen molar-refractivity contribution in [3.63, 3.8) is 0 Å². The van der Waals surface area contributed by atoms with Crippen molar-refractivity contribution in [1.29, 1.82) is 0 Å². The summed E-state index contributed by atoms with van der Waals surface area (Å²) >= 11 is 2.90. The van der Waals surface area contributed by atoms with Gasteiger partial charge in [-0.05, 0) is 61.5 Å². The van der Waals surface area contributed by atoms with Gasteiger partial charge in [-0.25, -0.2) is 9.07 Å². The van der Waals surface area contributed by atoms with Gasteiger partial charge in [-0.1, -0.05) is 0 Å². The van der Waals surface area contributed by atoms with Crippen molar-refractivity contribution in [3.8, 4) is 5.69 Å². The average molecular weight is 469 g/mol. The first-order valence-electron chi connectivity index (χ1n) is 10.4. The number of thiophene rings is 2. The molecule has 0 spiro atoms. The van der Waals surface area contributed by atoms with Crippen LogP contribution in [-0.2, 0) is 0 Å². The summed E-state index contributed by atoms with van der Waals surface area (Å²) in [4.78, 5) is 28.8. The van der Waals surface area contributed by atoms with Crippen molar-refractivity contribution in [2.24, 2.45) is 0 Å². The summed E-state index contributed by atoms with van der Waals surface area (Å²) in [6.45, 7) is 3.11. The van der Waals surface area contributed by atoms with Crippen LogP contribution >= 0.6 is 22.7 Å². The molecule has 0 atom stereocenters. The molecular weight excluding hydrogens is 447 g/mol. The first-order valence-corrected chi connectivity index (χ1v) is 12.1. The lowest BCUT2D eigenvalue weighted by Crippen LogP contribution is -2.46.